The zero-order valence-electron chi connectivity index (χ0n) is 35.0. The Balaban J connectivity index is 2.14. The van der Waals surface area contributed by atoms with Crippen molar-refractivity contribution < 1.29 is 58.7 Å². The van der Waals surface area contributed by atoms with E-state index in [-0.39, 0.29) is 37.3 Å². The first-order chi connectivity index (χ1) is 24.4. The Hall–Kier alpha value is -0.970. The fourth-order valence-corrected chi connectivity index (χ4v) is 9.34. The molecule has 13 heteroatoms. The molecule has 3 fully saturated rings. The molecule has 3 heterocycles. The van der Waals surface area contributed by atoms with Crippen LogP contribution < -0.4 is 0 Å². The van der Waals surface area contributed by atoms with Crippen molar-refractivity contribution in [1.82, 2.24) is 4.90 Å². The third-order valence-corrected chi connectivity index (χ3v) is 12.3. The molecular weight excluding hydrogens is 686 g/mol. The Bertz CT molecular complexity index is 1150. The number of methoxy groups -OCH3 is 1. The molecule has 0 aromatic carbocycles. The summed E-state index contributed by atoms with van der Waals surface area (Å²) in [5, 5.41) is 58.3. The summed E-state index contributed by atoms with van der Waals surface area (Å²) < 4.78 is 37.7. The van der Waals surface area contributed by atoms with Crippen LogP contribution in [0.3, 0.4) is 0 Å². The van der Waals surface area contributed by atoms with Crippen LogP contribution in [0, 0.1) is 29.6 Å². The van der Waals surface area contributed by atoms with Gasteiger partial charge in [0.15, 0.2) is 12.6 Å². The Morgan fingerprint density at radius 3 is 2.11 bits per heavy atom. The molecule has 18 atom stereocenters. The molecule has 0 amide bonds. The second-order valence-corrected chi connectivity index (χ2v) is 18.1. The molecule has 3 rings (SSSR count). The second kappa shape index (κ2) is 18.5. The number of carbonyl (C=O) groups excluding carboxylic acids is 1. The highest BCUT2D eigenvalue weighted by atomic mass is 16.7. The summed E-state index contributed by atoms with van der Waals surface area (Å²) in [6.07, 6.45) is -7.58. The Morgan fingerprint density at radius 2 is 1.55 bits per heavy atom. The molecule has 0 saturated carbocycles. The van der Waals surface area contributed by atoms with Crippen LogP contribution in [0.15, 0.2) is 0 Å². The normalized spacial score (nSPS) is 48.4. The topological polar surface area (TPSA) is 177 Å². The Labute approximate surface area is 319 Å². The van der Waals surface area contributed by atoms with Crippen molar-refractivity contribution in [3.8, 4) is 0 Å². The molecule has 5 N–H and O–H groups in total. The van der Waals surface area contributed by atoms with Gasteiger partial charge in [-0.2, -0.15) is 0 Å². The smallest absolute Gasteiger partial charge is 0.311 e. The van der Waals surface area contributed by atoms with Gasteiger partial charge in [0, 0.05) is 32.0 Å². The van der Waals surface area contributed by atoms with Gasteiger partial charge in [-0.05, 0) is 92.0 Å². The third-order valence-electron chi connectivity index (χ3n) is 12.3. The summed E-state index contributed by atoms with van der Waals surface area (Å²) >= 11 is 0. The van der Waals surface area contributed by atoms with Crippen LogP contribution in [0.4, 0.5) is 0 Å². The molecule has 0 bridgehead atoms. The fourth-order valence-electron chi connectivity index (χ4n) is 9.34. The molecule has 0 spiro atoms. The van der Waals surface area contributed by atoms with Crippen molar-refractivity contribution in [3.05, 3.63) is 0 Å². The number of likely N-dealkylation sites (N-methyl/N-ethyl adjacent to an activating group) is 1. The molecule has 3 aliphatic rings. The van der Waals surface area contributed by atoms with Gasteiger partial charge in [-0.25, -0.2) is 0 Å². The second-order valence-electron chi connectivity index (χ2n) is 18.1. The molecule has 3 aliphatic heterocycles. The van der Waals surface area contributed by atoms with Crippen LogP contribution >= 0.6 is 0 Å². The van der Waals surface area contributed by atoms with Crippen LogP contribution in [0.1, 0.15) is 115 Å². The van der Waals surface area contributed by atoms with Crippen LogP contribution in [-0.4, -0.2) is 141 Å². The van der Waals surface area contributed by atoms with Gasteiger partial charge >= 0.3 is 5.97 Å². The summed E-state index contributed by atoms with van der Waals surface area (Å²) in [5.74, 6) is -2.59. The number of carbonyl (C=O) groups is 1. The fraction of sp³-hybridized carbons (Fsp3) is 0.975. The average molecular weight is 762 g/mol. The standard InChI is InChI=1S/C40H75NO12/c1-15-29-40(12,47)33(43)23(5)16-22(4)18-38(10,46)35(53-37-31(42)28(17-24(6)49-37)41(13)20-21(2)3)25(7)32(26(8)36(45)51-29)52-30-19-39(11,48-14)34(44)27(9)50-30/h21-35,37,42-44,46-47H,15-20H2,1-14H3/t22-,23-,24+,25-,26+,27-,28-,29+,30-,31+,32-,33+,34-,35+,37-,38+,39+,40+/m0/s1. The van der Waals surface area contributed by atoms with Crippen LogP contribution in [-0.2, 0) is 33.2 Å². The van der Waals surface area contributed by atoms with E-state index in [1.807, 2.05) is 34.7 Å². The highest BCUT2D eigenvalue weighted by Gasteiger charge is 2.52. The number of aliphatic hydroxyl groups excluding tert-OH is 3. The largest absolute Gasteiger partial charge is 0.459 e. The summed E-state index contributed by atoms with van der Waals surface area (Å²) in [4.78, 5) is 16.3. The maximum Gasteiger partial charge on any atom is 0.311 e. The monoisotopic (exact) mass is 762 g/mol. The zero-order valence-corrected chi connectivity index (χ0v) is 35.0. The lowest BCUT2D eigenvalue weighted by molar-refractivity contribution is -0.318. The maximum absolute atomic E-state index is 14.2. The van der Waals surface area contributed by atoms with Crippen molar-refractivity contribution in [2.75, 3.05) is 20.7 Å². The molecule has 0 unspecified atom stereocenters. The van der Waals surface area contributed by atoms with Crippen LogP contribution in [0.2, 0.25) is 0 Å². The van der Waals surface area contributed by atoms with Gasteiger partial charge in [-0.15, -0.1) is 0 Å². The SMILES string of the molecule is CC[C@H]1OC(=O)[C@H](C)[C@@H](O[C@H]2C[C@@](C)(OC)[C@@H](O)[C@H](C)O2)[C@H](C)[C@@H](O[C@@H]2O[C@H](C)C[C@H](N(C)CC(C)C)[C@H]2O)[C@](C)(O)C[C@@H](C)C[C@H](C)[C@@H](O)[C@]1(C)O. The predicted octanol–water partition coefficient (Wildman–Crippen LogP) is 3.63. The summed E-state index contributed by atoms with van der Waals surface area (Å²) in [5.41, 5.74) is -4.33. The van der Waals surface area contributed by atoms with Gasteiger partial charge in [0.05, 0.1) is 47.6 Å². The number of hydrogen-bond acceptors (Lipinski definition) is 13. The summed E-state index contributed by atoms with van der Waals surface area (Å²) in [6, 6.07) is -0.263. The van der Waals surface area contributed by atoms with Gasteiger partial charge < -0.3 is 58.9 Å². The van der Waals surface area contributed by atoms with Crippen molar-refractivity contribution >= 4 is 5.97 Å². The number of ether oxygens (including phenoxy) is 6. The lowest BCUT2D eigenvalue weighted by Crippen LogP contribution is -2.61. The number of rotatable bonds is 9. The quantitative estimate of drug-likeness (QED) is 0.216. The van der Waals surface area contributed by atoms with Crippen molar-refractivity contribution in [3.63, 3.8) is 0 Å². The number of nitrogens with zero attached hydrogens (tertiary/aromatic N) is 1. The summed E-state index contributed by atoms with van der Waals surface area (Å²) in [7, 11) is 3.49. The first-order valence-corrected chi connectivity index (χ1v) is 20.0. The van der Waals surface area contributed by atoms with E-state index in [4.69, 9.17) is 28.4 Å². The number of cyclic esters (lactones) is 1. The Morgan fingerprint density at radius 1 is 0.925 bits per heavy atom. The zero-order chi connectivity index (χ0) is 40.4. The molecule has 0 aromatic heterocycles. The Kier molecular flexibility index (Phi) is 16.2. The molecular formula is C40H75NO12. The van der Waals surface area contributed by atoms with Gasteiger partial charge in [0.25, 0.3) is 0 Å². The molecule has 53 heavy (non-hydrogen) atoms. The molecule has 0 aliphatic carbocycles. The van der Waals surface area contributed by atoms with E-state index in [1.54, 1.807) is 34.6 Å². The van der Waals surface area contributed by atoms with Crippen molar-refractivity contribution in [2.24, 2.45) is 29.6 Å². The van der Waals surface area contributed by atoms with E-state index in [0.29, 0.717) is 18.8 Å². The summed E-state index contributed by atoms with van der Waals surface area (Å²) in [6.45, 7) is 22.7. The molecule has 13 nitrogen and oxygen atoms in total. The number of aliphatic hydroxyl groups is 5. The van der Waals surface area contributed by atoms with E-state index in [0.717, 1.165) is 6.54 Å². The van der Waals surface area contributed by atoms with Crippen molar-refractivity contribution in [2.45, 2.75) is 199 Å². The molecule has 0 aromatic rings. The highest BCUT2D eigenvalue weighted by Crippen LogP contribution is 2.41. The highest BCUT2D eigenvalue weighted by molar-refractivity contribution is 5.73. The minimum absolute atomic E-state index is 0.140. The lowest BCUT2D eigenvalue weighted by Gasteiger charge is -2.49. The first kappa shape index (κ1) is 46.4. The number of esters is 1. The van der Waals surface area contributed by atoms with Gasteiger partial charge in [0.1, 0.15) is 23.9 Å². The van der Waals surface area contributed by atoms with Crippen molar-refractivity contribution in [1.29, 1.82) is 0 Å². The van der Waals surface area contributed by atoms with E-state index < -0.39 is 95.8 Å². The van der Waals surface area contributed by atoms with Gasteiger partial charge in [0.2, 0.25) is 0 Å². The van der Waals surface area contributed by atoms with Crippen LogP contribution in [0.25, 0.3) is 0 Å². The molecule has 3 saturated heterocycles. The van der Waals surface area contributed by atoms with Gasteiger partial charge in [-0.1, -0.05) is 41.5 Å². The van der Waals surface area contributed by atoms with E-state index in [1.165, 1.54) is 14.0 Å². The first-order valence-electron chi connectivity index (χ1n) is 20.0. The molecule has 312 valence electrons. The minimum Gasteiger partial charge on any atom is -0.459 e. The minimum atomic E-state index is -1.76. The lowest BCUT2D eigenvalue weighted by atomic mass is 9.74. The van der Waals surface area contributed by atoms with Crippen LogP contribution in [0.5, 0.6) is 0 Å². The average Bonchev–Trinajstić information content (AvgIpc) is 3.06. The molecule has 0 radical (unpaired) electrons. The maximum atomic E-state index is 14.2. The number of hydrogen-bond donors (Lipinski definition) is 5. The van der Waals surface area contributed by atoms with E-state index in [2.05, 4.69) is 18.7 Å². The van der Waals surface area contributed by atoms with Gasteiger partial charge in [-0.3, -0.25) is 4.79 Å². The predicted molar refractivity (Wildman–Crippen MR) is 200 cm³/mol. The van der Waals surface area contributed by atoms with E-state index >= 15 is 0 Å². The van der Waals surface area contributed by atoms with E-state index in [9.17, 15) is 30.3 Å². The third kappa shape index (κ3) is 10.9.